The van der Waals surface area contributed by atoms with Crippen molar-refractivity contribution in [2.45, 2.75) is 23.5 Å². The lowest BCUT2D eigenvalue weighted by molar-refractivity contribution is 0.204. The largest absolute Gasteiger partial charge is 0.480 e. The Bertz CT molecular complexity index is 590. The number of rotatable bonds is 4. The second kappa shape index (κ2) is 5.82. The van der Waals surface area contributed by atoms with E-state index in [1.165, 1.54) is 0 Å². The van der Waals surface area contributed by atoms with Gasteiger partial charge >= 0.3 is 0 Å². The molecule has 20 heavy (non-hydrogen) atoms. The van der Waals surface area contributed by atoms with E-state index in [9.17, 15) is 0 Å². The first-order chi connectivity index (χ1) is 9.78. The van der Waals surface area contributed by atoms with Gasteiger partial charge in [0.15, 0.2) is 6.10 Å². The van der Waals surface area contributed by atoms with Crippen LogP contribution in [0.3, 0.4) is 0 Å². The van der Waals surface area contributed by atoms with Crippen molar-refractivity contribution in [3.05, 3.63) is 36.0 Å². The third kappa shape index (κ3) is 2.65. The smallest absolute Gasteiger partial charge is 0.243 e. The third-order valence-corrected chi connectivity index (χ3v) is 4.13. The summed E-state index contributed by atoms with van der Waals surface area (Å²) in [6, 6.07) is 7.42. The van der Waals surface area contributed by atoms with Crippen molar-refractivity contribution >= 4 is 11.8 Å². The maximum atomic E-state index is 8.86. The number of fused-ring (bicyclic) bond motifs is 1. The van der Waals surface area contributed by atoms with Crippen LogP contribution < -0.4 is 10.5 Å². The van der Waals surface area contributed by atoms with E-state index in [0.29, 0.717) is 18.1 Å². The second-order valence-electron chi connectivity index (χ2n) is 4.47. The van der Waals surface area contributed by atoms with E-state index in [1.54, 1.807) is 11.8 Å². The van der Waals surface area contributed by atoms with E-state index in [2.05, 4.69) is 10.1 Å². The van der Waals surface area contributed by atoms with Gasteiger partial charge in [-0.25, -0.2) is 0 Å². The van der Waals surface area contributed by atoms with Gasteiger partial charge in [0.1, 0.15) is 5.75 Å². The van der Waals surface area contributed by atoms with Crippen LogP contribution in [0.4, 0.5) is 0 Å². The summed E-state index contributed by atoms with van der Waals surface area (Å²) >= 11 is 1.70. The van der Waals surface area contributed by atoms with E-state index < -0.39 is 6.04 Å². The number of hydrogen-bond acceptors (Lipinski definition) is 7. The lowest BCUT2D eigenvalue weighted by Gasteiger charge is -2.22. The number of thioether (sulfide) groups is 1. The molecule has 0 radical (unpaired) electrons. The number of benzene rings is 1. The molecule has 0 bridgehead atoms. The van der Waals surface area contributed by atoms with E-state index in [0.717, 1.165) is 16.4 Å². The van der Waals surface area contributed by atoms with Crippen LogP contribution in [0.1, 0.15) is 30.3 Å². The van der Waals surface area contributed by atoms with Crippen LogP contribution in [0.25, 0.3) is 0 Å². The number of aliphatic hydroxyl groups excluding tert-OH is 1. The number of para-hydroxylation sites is 1. The lowest BCUT2D eigenvalue weighted by atomic mass is 10.2. The molecule has 0 saturated carbocycles. The first kappa shape index (κ1) is 13.4. The predicted octanol–water partition coefficient (Wildman–Crippen LogP) is 1.68. The van der Waals surface area contributed by atoms with Gasteiger partial charge in [0, 0.05) is 17.3 Å². The summed E-state index contributed by atoms with van der Waals surface area (Å²) in [6.07, 6.45) is 0.152. The van der Waals surface area contributed by atoms with Crippen LogP contribution in [0.15, 0.2) is 33.7 Å². The average molecular weight is 293 g/mol. The average Bonchev–Trinajstić information content (AvgIpc) is 2.97. The van der Waals surface area contributed by atoms with E-state index in [1.807, 2.05) is 24.3 Å². The Kier molecular flexibility index (Phi) is 3.90. The fourth-order valence-corrected chi connectivity index (χ4v) is 2.92. The van der Waals surface area contributed by atoms with Crippen molar-refractivity contribution < 1.29 is 14.4 Å². The molecule has 1 aliphatic heterocycles. The Morgan fingerprint density at radius 1 is 1.45 bits per heavy atom. The number of hydrogen-bond donors (Lipinski definition) is 2. The predicted molar refractivity (Wildman–Crippen MR) is 73.5 cm³/mol. The van der Waals surface area contributed by atoms with Gasteiger partial charge in [-0.15, -0.1) is 11.8 Å². The molecule has 2 heterocycles. The Labute approximate surface area is 120 Å². The first-order valence-corrected chi connectivity index (χ1v) is 7.35. The molecule has 7 heteroatoms. The molecule has 2 atom stereocenters. The Morgan fingerprint density at radius 3 is 3.15 bits per heavy atom. The Balaban J connectivity index is 1.75. The first-order valence-electron chi connectivity index (χ1n) is 6.36. The minimum Gasteiger partial charge on any atom is -0.480 e. The summed E-state index contributed by atoms with van der Waals surface area (Å²) in [5, 5.41) is 12.8. The minimum atomic E-state index is -0.440. The van der Waals surface area contributed by atoms with Crippen LogP contribution in [0.2, 0.25) is 0 Å². The quantitative estimate of drug-likeness (QED) is 0.885. The Hall–Kier alpha value is -1.57. The molecule has 0 spiro atoms. The number of aromatic nitrogens is 2. The van der Waals surface area contributed by atoms with Crippen LogP contribution in [0.5, 0.6) is 5.75 Å². The fraction of sp³-hybridized carbons (Fsp3) is 0.385. The highest BCUT2D eigenvalue weighted by Gasteiger charge is 2.27. The van der Waals surface area contributed by atoms with Crippen molar-refractivity contribution in [2.75, 3.05) is 12.4 Å². The zero-order chi connectivity index (χ0) is 13.9. The van der Waals surface area contributed by atoms with Crippen molar-refractivity contribution in [1.82, 2.24) is 10.1 Å². The molecule has 3 N–H and O–H groups in total. The number of nitrogens with two attached hydrogens (primary N) is 1. The van der Waals surface area contributed by atoms with Crippen molar-refractivity contribution in [3.63, 3.8) is 0 Å². The van der Waals surface area contributed by atoms with Gasteiger partial charge in [-0.3, -0.25) is 0 Å². The minimum absolute atomic E-state index is 0.0119. The molecule has 106 valence electrons. The zero-order valence-corrected chi connectivity index (χ0v) is 11.5. The summed E-state index contributed by atoms with van der Waals surface area (Å²) < 4.78 is 11.0. The summed E-state index contributed by atoms with van der Waals surface area (Å²) in [5.74, 6) is 2.39. The number of ether oxygens (including phenoxy) is 1. The SMILES string of the molecule is NC(CCO)c1nc(C2CSc3ccccc3O2)no1. The van der Waals surface area contributed by atoms with Gasteiger partial charge in [-0.05, 0) is 18.6 Å². The normalized spacial score (nSPS) is 19.2. The molecular formula is C13H15N3O3S. The van der Waals surface area contributed by atoms with Crippen molar-refractivity contribution in [1.29, 1.82) is 0 Å². The maximum absolute atomic E-state index is 8.86. The van der Waals surface area contributed by atoms with Gasteiger partial charge in [-0.2, -0.15) is 4.98 Å². The summed E-state index contributed by atoms with van der Waals surface area (Å²) in [4.78, 5) is 5.39. The molecule has 1 aromatic heterocycles. The number of aliphatic hydroxyl groups is 1. The van der Waals surface area contributed by atoms with Crippen LogP contribution in [0, 0.1) is 0 Å². The molecule has 0 aliphatic carbocycles. The summed E-state index contributed by atoms with van der Waals surface area (Å²) in [7, 11) is 0. The fourth-order valence-electron chi connectivity index (χ4n) is 1.94. The van der Waals surface area contributed by atoms with E-state index in [-0.39, 0.29) is 12.7 Å². The molecule has 1 aliphatic rings. The maximum Gasteiger partial charge on any atom is 0.243 e. The van der Waals surface area contributed by atoms with Gasteiger partial charge in [0.2, 0.25) is 11.7 Å². The Morgan fingerprint density at radius 2 is 2.30 bits per heavy atom. The highest BCUT2D eigenvalue weighted by molar-refractivity contribution is 7.99. The van der Waals surface area contributed by atoms with Crippen molar-refractivity contribution in [2.24, 2.45) is 5.73 Å². The highest BCUT2D eigenvalue weighted by Crippen LogP contribution is 2.39. The number of nitrogens with zero attached hydrogens (tertiary/aromatic N) is 2. The zero-order valence-electron chi connectivity index (χ0n) is 10.7. The molecular weight excluding hydrogens is 278 g/mol. The summed E-state index contributed by atoms with van der Waals surface area (Å²) in [5.41, 5.74) is 5.82. The molecule has 0 saturated heterocycles. The molecule has 0 amide bonds. The van der Waals surface area contributed by atoms with Gasteiger partial charge in [0.25, 0.3) is 0 Å². The molecule has 2 aromatic rings. The highest BCUT2D eigenvalue weighted by atomic mass is 32.2. The molecule has 6 nitrogen and oxygen atoms in total. The summed E-state index contributed by atoms with van der Waals surface area (Å²) in [6.45, 7) is -0.0119. The monoisotopic (exact) mass is 293 g/mol. The third-order valence-electron chi connectivity index (χ3n) is 3.01. The molecule has 2 unspecified atom stereocenters. The van der Waals surface area contributed by atoms with Crippen molar-refractivity contribution in [3.8, 4) is 5.75 Å². The standard InChI is InChI=1S/C13H15N3O3S/c14-8(5-6-17)13-15-12(16-19-13)10-7-20-11-4-2-1-3-9(11)18-10/h1-4,8,10,17H,5-7,14H2. The van der Waals surface area contributed by atoms with E-state index in [4.69, 9.17) is 20.1 Å². The van der Waals surface area contributed by atoms with Crippen LogP contribution in [-0.4, -0.2) is 27.6 Å². The molecule has 3 rings (SSSR count). The second-order valence-corrected chi connectivity index (χ2v) is 5.54. The van der Waals surface area contributed by atoms with E-state index >= 15 is 0 Å². The van der Waals surface area contributed by atoms with Crippen LogP contribution in [-0.2, 0) is 0 Å². The lowest BCUT2D eigenvalue weighted by Crippen LogP contribution is -2.17. The topological polar surface area (TPSA) is 94.4 Å². The van der Waals surface area contributed by atoms with Gasteiger partial charge in [-0.1, -0.05) is 17.3 Å². The van der Waals surface area contributed by atoms with Gasteiger partial charge in [0.05, 0.1) is 6.04 Å². The van der Waals surface area contributed by atoms with Gasteiger partial charge < -0.3 is 20.1 Å². The molecule has 1 aromatic carbocycles. The molecule has 0 fully saturated rings. The van der Waals surface area contributed by atoms with Crippen LogP contribution >= 0.6 is 11.8 Å².